The van der Waals surface area contributed by atoms with Crippen molar-refractivity contribution in [1.29, 1.82) is 0 Å². The maximum absolute atomic E-state index is 13.4. The van der Waals surface area contributed by atoms with E-state index in [0.717, 1.165) is 0 Å². The molecule has 0 saturated carbocycles. The predicted molar refractivity (Wildman–Crippen MR) is 86.4 cm³/mol. The van der Waals surface area contributed by atoms with E-state index in [4.69, 9.17) is 15.2 Å². The highest BCUT2D eigenvalue weighted by Gasteiger charge is 2.13. The molecule has 0 atom stereocenters. The van der Waals surface area contributed by atoms with Crippen molar-refractivity contribution in [2.24, 2.45) is 5.73 Å². The van der Waals surface area contributed by atoms with Crippen LogP contribution in [-0.4, -0.2) is 31.0 Å². The molecular weight excluding hydrogens is 331 g/mol. The maximum Gasteiger partial charge on any atom is 0.344 e. The molecule has 2 rings (SSSR count). The molecular formula is C17H15FN2O5. The third-order valence-corrected chi connectivity index (χ3v) is 3.01. The minimum absolute atomic E-state index is 0.0183. The lowest BCUT2D eigenvalue weighted by Gasteiger charge is -2.10. The van der Waals surface area contributed by atoms with Crippen molar-refractivity contribution in [3.8, 4) is 5.75 Å². The van der Waals surface area contributed by atoms with Crippen LogP contribution in [-0.2, 0) is 14.3 Å². The lowest BCUT2D eigenvalue weighted by Crippen LogP contribution is -2.24. The number of para-hydroxylation sites is 2. The minimum Gasteiger partial charge on any atom is -0.481 e. The van der Waals surface area contributed by atoms with E-state index in [1.165, 1.54) is 30.3 Å². The van der Waals surface area contributed by atoms with E-state index in [0.29, 0.717) is 0 Å². The fourth-order valence-electron chi connectivity index (χ4n) is 1.87. The fraction of sp³-hybridized carbons (Fsp3) is 0.118. The Balaban J connectivity index is 1.80. The summed E-state index contributed by atoms with van der Waals surface area (Å²) in [6.45, 7) is -1.12. The smallest absolute Gasteiger partial charge is 0.344 e. The molecule has 3 N–H and O–H groups in total. The van der Waals surface area contributed by atoms with E-state index in [9.17, 15) is 18.8 Å². The number of rotatable bonds is 7. The molecule has 25 heavy (non-hydrogen) atoms. The number of carbonyl (C=O) groups excluding carboxylic acids is 3. The lowest BCUT2D eigenvalue weighted by molar-refractivity contribution is -0.149. The largest absolute Gasteiger partial charge is 0.481 e. The second-order valence-electron chi connectivity index (χ2n) is 4.84. The maximum atomic E-state index is 13.4. The summed E-state index contributed by atoms with van der Waals surface area (Å²) >= 11 is 0. The Kier molecular flexibility index (Phi) is 6.05. The number of primary amides is 1. The quantitative estimate of drug-likeness (QED) is 0.739. The van der Waals surface area contributed by atoms with Crippen LogP contribution in [0, 0.1) is 5.82 Å². The molecule has 0 unspecified atom stereocenters. The van der Waals surface area contributed by atoms with Crippen molar-refractivity contribution >= 4 is 23.5 Å². The number of hydrogen-bond acceptors (Lipinski definition) is 5. The third-order valence-electron chi connectivity index (χ3n) is 3.01. The Morgan fingerprint density at radius 3 is 2.40 bits per heavy atom. The first kappa shape index (κ1) is 17.9. The van der Waals surface area contributed by atoms with Gasteiger partial charge < -0.3 is 20.5 Å². The molecule has 2 aromatic carbocycles. The Morgan fingerprint density at radius 2 is 1.68 bits per heavy atom. The van der Waals surface area contributed by atoms with Crippen LogP contribution in [0.2, 0.25) is 0 Å². The molecule has 0 fully saturated rings. The van der Waals surface area contributed by atoms with Crippen LogP contribution in [0.1, 0.15) is 10.4 Å². The lowest BCUT2D eigenvalue weighted by atomic mass is 10.2. The number of esters is 1. The number of ether oxygens (including phenoxy) is 2. The number of nitrogens with one attached hydrogen (secondary N) is 1. The van der Waals surface area contributed by atoms with E-state index in [1.807, 2.05) is 0 Å². The number of amides is 2. The molecule has 0 aliphatic heterocycles. The van der Waals surface area contributed by atoms with Crippen LogP contribution < -0.4 is 15.8 Å². The molecule has 0 bridgehead atoms. The summed E-state index contributed by atoms with van der Waals surface area (Å²) in [6, 6.07) is 11.7. The topological polar surface area (TPSA) is 108 Å². The summed E-state index contributed by atoms with van der Waals surface area (Å²) in [7, 11) is 0. The average molecular weight is 346 g/mol. The number of nitrogens with two attached hydrogens (primary N) is 1. The molecule has 0 saturated heterocycles. The first-order chi connectivity index (χ1) is 12.0. The number of anilines is 1. The molecule has 7 nitrogen and oxygen atoms in total. The van der Waals surface area contributed by atoms with Crippen LogP contribution in [0.3, 0.4) is 0 Å². The number of hydrogen-bond donors (Lipinski definition) is 2. The Morgan fingerprint density at radius 1 is 1.00 bits per heavy atom. The van der Waals surface area contributed by atoms with Crippen molar-refractivity contribution in [2.75, 3.05) is 18.5 Å². The van der Waals surface area contributed by atoms with Gasteiger partial charge in [0.15, 0.2) is 13.2 Å². The van der Waals surface area contributed by atoms with Crippen LogP contribution in [0.5, 0.6) is 5.75 Å². The zero-order chi connectivity index (χ0) is 18.2. The minimum atomic E-state index is -0.831. The summed E-state index contributed by atoms with van der Waals surface area (Å²) in [5.74, 6) is -2.71. The predicted octanol–water partition coefficient (Wildman–Crippen LogP) is 1.49. The van der Waals surface area contributed by atoms with Gasteiger partial charge >= 0.3 is 5.97 Å². The van der Waals surface area contributed by atoms with Gasteiger partial charge in [-0.05, 0) is 24.3 Å². The second-order valence-corrected chi connectivity index (χ2v) is 4.84. The summed E-state index contributed by atoms with van der Waals surface area (Å²) < 4.78 is 23.3. The van der Waals surface area contributed by atoms with E-state index in [1.54, 1.807) is 18.2 Å². The van der Waals surface area contributed by atoms with Gasteiger partial charge in [-0.25, -0.2) is 9.18 Å². The standard InChI is InChI=1S/C17H15FN2O5/c18-12-6-2-3-7-13(12)20-15(21)9-25-16(22)10-24-14-8-4-1-5-11(14)17(19)23/h1-8H,9-10H2,(H2,19,23)(H,20,21). The third kappa shape index (κ3) is 5.31. The van der Waals surface area contributed by atoms with Crippen molar-refractivity contribution in [1.82, 2.24) is 0 Å². The number of benzene rings is 2. The molecule has 0 radical (unpaired) electrons. The highest BCUT2D eigenvalue weighted by atomic mass is 19.1. The Bertz CT molecular complexity index is 794. The zero-order valence-electron chi connectivity index (χ0n) is 13.0. The van der Waals surface area contributed by atoms with E-state index in [2.05, 4.69) is 5.32 Å². The van der Waals surface area contributed by atoms with Crippen molar-refractivity contribution in [3.63, 3.8) is 0 Å². The number of halogens is 1. The van der Waals surface area contributed by atoms with Crippen molar-refractivity contribution in [3.05, 3.63) is 59.9 Å². The Hall–Kier alpha value is -3.42. The molecule has 130 valence electrons. The molecule has 2 amide bonds. The molecule has 8 heteroatoms. The van der Waals surface area contributed by atoms with Crippen LogP contribution >= 0.6 is 0 Å². The van der Waals surface area contributed by atoms with Crippen molar-refractivity contribution in [2.45, 2.75) is 0 Å². The van der Waals surface area contributed by atoms with Gasteiger partial charge in [-0.15, -0.1) is 0 Å². The van der Waals surface area contributed by atoms with Crippen LogP contribution in [0.25, 0.3) is 0 Å². The van der Waals surface area contributed by atoms with Gasteiger partial charge in [0.25, 0.3) is 11.8 Å². The molecule has 0 heterocycles. The molecule has 0 aliphatic carbocycles. The van der Waals surface area contributed by atoms with Gasteiger partial charge in [-0.2, -0.15) is 0 Å². The van der Waals surface area contributed by atoms with Crippen LogP contribution in [0.15, 0.2) is 48.5 Å². The van der Waals surface area contributed by atoms with Gasteiger partial charge in [-0.3, -0.25) is 9.59 Å². The summed E-state index contributed by atoms with van der Waals surface area (Å²) in [4.78, 5) is 34.5. The monoisotopic (exact) mass is 346 g/mol. The van der Waals surface area contributed by atoms with E-state index in [-0.39, 0.29) is 17.0 Å². The normalized spacial score (nSPS) is 9.96. The first-order valence-corrected chi connectivity index (χ1v) is 7.19. The summed E-state index contributed by atoms with van der Waals surface area (Å²) in [6.07, 6.45) is 0. The highest BCUT2D eigenvalue weighted by molar-refractivity contribution is 5.95. The second kappa shape index (κ2) is 8.44. The van der Waals surface area contributed by atoms with E-state index < -0.39 is 36.8 Å². The fourth-order valence-corrected chi connectivity index (χ4v) is 1.87. The average Bonchev–Trinajstić information content (AvgIpc) is 2.60. The number of carbonyl (C=O) groups is 3. The van der Waals surface area contributed by atoms with Gasteiger partial charge in [0.1, 0.15) is 11.6 Å². The van der Waals surface area contributed by atoms with Gasteiger partial charge in [-0.1, -0.05) is 24.3 Å². The zero-order valence-corrected chi connectivity index (χ0v) is 13.0. The first-order valence-electron chi connectivity index (χ1n) is 7.19. The highest BCUT2D eigenvalue weighted by Crippen LogP contribution is 2.17. The molecule has 0 aliphatic rings. The van der Waals surface area contributed by atoms with E-state index >= 15 is 0 Å². The molecule has 0 spiro atoms. The summed E-state index contributed by atoms with van der Waals surface area (Å²) in [5.41, 5.74) is 5.29. The Labute approximate surface area is 142 Å². The summed E-state index contributed by atoms with van der Waals surface area (Å²) in [5, 5.41) is 2.27. The van der Waals surface area contributed by atoms with Gasteiger partial charge in [0.05, 0.1) is 11.3 Å². The molecule has 0 aromatic heterocycles. The van der Waals surface area contributed by atoms with Gasteiger partial charge in [0.2, 0.25) is 0 Å². The van der Waals surface area contributed by atoms with Gasteiger partial charge in [0, 0.05) is 0 Å². The molecule has 2 aromatic rings. The van der Waals surface area contributed by atoms with Crippen LogP contribution in [0.4, 0.5) is 10.1 Å². The van der Waals surface area contributed by atoms with Crippen molar-refractivity contribution < 1.29 is 28.2 Å². The SMILES string of the molecule is NC(=O)c1ccccc1OCC(=O)OCC(=O)Nc1ccccc1F.